The van der Waals surface area contributed by atoms with Crippen molar-refractivity contribution in [3.63, 3.8) is 0 Å². The van der Waals surface area contributed by atoms with Crippen LogP contribution in [0.15, 0.2) is 53.9 Å². The summed E-state index contributed by atoms with van der Waals surface area (Å²) >= 11 is 1.43. The molecule has 1 aliphatic rings. The fourth-order valence-corrected chi connectivity index (χ4v) is 4.40. The number of benzene rings is 1. The third kappa shape index (κ3) is 3.80. The number of rotatable bonds is 5. The lowest BCUT2D eigenvalue weighted by molar-refractivity contribution is -0.121. The summed E-state index contributed by atoms with van der Waals surface area (Å²) in [6, 6.07) is 12.3. The van der Waals surface area contributed by atoms with Gasteiger partial charge in [-0.15, -0.1) is 10.2 Å². The number of hydrogen-bond donors (Lipinski definition) is 1. The van der Waals surface area contributed by atoms with E-state index in [1.54, 1.807) is 12.4 Å². The number of hydrogen-bond acceptors (Lipinski definition) is 5. The highest BCUT2D eigenvalue weighted by Gasteiger charge is 2.25. The minimum atomic E-state index is -0.262. The van der Waals surface area contributed by atoms with Crippen LogP contribution in [0.4, 0.5) is 0 Å². The van der Waals surface area contributed by atoms with Gasteiger partial charge in [0.15, 0.2) is 11.0 Å². The van der Waals surface area contributed by atoms with Gasteiger partial charge in [0.2, 0.25) is 5.91 Å². The largest absolute Gasteiger partial charge is 0.348 e. The molecule has 0 fully saturated rings. The number of aromatic nitrogens is 4. The van der Waals surface area contributed by atoms with Crippen LogP contribution in [-0.2, 0) is 18.3 Å². The number of fused-ring (bicyclic) bond motifs is 1. The SMILES string of the molecule is CC(Sc1nnc(-c2ccncc2)n1C)C(=O)NC1CCCc2ccccc21. The molecule has 3 aromatic rings. The second-order valence-corrected chi connectivity index (χ2v) is 8.32. The van der Waals surface area contributed by atoms with Crippen LogP contribution in [0, 0.1) is 0 Å². The third-order valence-electron chi connectivity index (χ3n) is 5.11. The van der Waals surface area contributed by atoms with Crippen LogP contribution >= 0.6 is 11.8 Å². The summed E-state index contributed by atoms with van der Waals surface area (Å²) in [6.45, 7) is 1.91. The third-order valence-corrected chi connectivity index (χ3v) is 6.24. The molecule has 7 heteroatoms. The molecule has 28 heavy (non-hydrogen) atoms. The van der Waals surface area contributed by atoms with E-state index < -0.39 is 0 Å². The number of thioether (sulfide) groups is 1. The number of amides is 1. The molecule has 2 atom stereocenters. The first kappa shape index (κ1) is 18.7. The van der Waals surface area contributed by atoms with Crippen molar-refractivity contribution in [3.05, 3.63) is 59.9 Å². The first-order chi connectivity index (χ1) is 13.6. The Kier molecular flexibility index (Phi) is 5.43. The summed E-state index contributed by atoms with van der Waals surface area (Å²) in [7, 11) is 1.92. The highest BCUT2D eigenvalue weighted by atomic mass is 32.2. The van der Waals surface area contributed by atoms with Gasteiger partial charge in [-0.3, -0.25) is 9.78 Å². The number of carbonyl (C=O) groups excluding carboxylic acids is 1. The van der Waals surface area contributed by atoms with Crippen LogP contribution in [0.5, 0.6) is 0 Å². The van der Waals surface area contributed by atoms with Crippen LogP contribution in [-0.4, -0.2) is 30.9 Å². The van der Waals surface area contributed by atoms with Crippen LogP contribution in [0.1, 0.15) is 36.9 Å². The monoisotopic (exact) mass is 393 g/mol. The molecule has 1 aliphatic carbocycles. The Balaban J connectivity index is 1.44. The van der Waals surface area contributed by atoms with Crippen molar-refractivity contribution in [1.29, 1.82) is 0 Å². The molecule has 0 saturated heterocycles. The van der Waals surface area contributed by atoms with Gasteiger partial charge >= 0.3 is 0 Å². The summed E-state index contributed by atoms with van der Waals surface area (Å²) in [5.74, 6) is 0.791. The standard InChI is InChI=1S/C21H23N5OS/c1-14(20(27)23-18-9-5-7-15-6-3-4-8-17(15)18)28-21-25-24-19(26(21)2)16-10-12-22-13-11-16/h3-4,6,8,10-14,18H,5,7,9H2,1-2H3,(H,23,27). The molecule has 0 radical (unpaired) electrons. The van der Waals surface area contributed by atoms with Crippen LogP contribution in [0.2, 0.25) is 0 Å². The van der Waals surface area contributed by atoms with Crippen molar-refractivity contribution in [1.82, 2.24) is 25.1 Å². The molecular weight excluding hydrogens is 370 g/mol. The van der Waals surface area contributed by atoms with Gasteiger partial charge in [-0.25, -0.2) is 0 Å². The lowest BCUT2D eigenvalue weighted by Gasteiger charge is -2.27. The second kappa shape index (κ2) is 8.14. The number of pyridine rings is 1. The lowest BCUT2D eigenvalue weighted by atomic mass is 9.88. The minimum absolute atomic E-state index is 0.0279. The maximum absolute atomic E-state index is 12.8. The average molecular weight is 394 g/mol. The van der Waals surface area contributed by atoms with E-state index in [9.17, 15) is 4.79 Å². The first-order valence-electron chi connectivity index (χ1n) is 9.48. The number of aryl methyl sites for hydroxylation is 1. The molecule has 0 spiro atoms. The van der Waals surface area contributed by atoms with Gasteiger partial charge in [-0.1, -0.05) is 36.0 Å². The van der Waals surface area contributed by atoms with E-state index in [1.165, 1.54) is 22.9 Å². The van der Waals surface area contributed by atoms with Gasteiger partial charge in [0.1, 0.15) is 0 Å². The van der Waals surface area contributed by atoms with Crippen LogP contribution in [0.25, 0.3) is 11.4 Å². The second-order valence-electron chi connectivity index (χ2n) is 7.01. The molecule has 0 saturated carbocycles. The summed E-state index contributed by atoms with van der Waals surface area (Å²) in [5, 5.41) is 12.2. The zero-order chi connectivity index (χ0) is 19.5. The van der Waals surface area contributed by atoms with Crippen molar-refractivity contribution in [2.24, 2.45) is 7.05 Å². The molecule has 1 aromatic carbocycles. The first-order valence-corrected chi connectivity index (χ1v) is 10.4. The zero-order valence-electron chi connectivity index (χ0n) is 16.0. The minimum Gasteiger partial charge on any atom is -0.348 e. The maximum atomic E-state index is 12.8. The Morgan fingerprint density at radius 1 is 1.21 bits per heavy atom. The van der Waals surface area contributed by atoms with E-state index in [1.807, 2.05) is 36.7 Å². The maximum Gasteiger partial charge on any atom is 0.233 e. The molecular formula is C21H23N5OS. The average Bonchev–Trinajstić information content (AvgIpc) is 3.09. The molecule has 0 bridgehead atoms. The topological polar surface area (TPSA) is 72.7 Å². The highest BCUT2D eigenvalue weighted by Crippen LogP contribution is 2.31. The van der Waals surface area contributed by atoms with Gasteiger partial charge in [-0.2, -0.15) is 0 Å². The van der Waals surface area contributed by atoms with Crippen molar-refractivity contribution < 1.29 is 4.79 Å². The smallest absolute Gasteiger partial charge is 0.233 e. The summed E-state index contributed by atoms with van der Waals surface area (Å²) < 4.78 is 1.92. The molecule has 1 amide bonds. The quantitative estimate of drug-likeness (QED) is 0.671. The van der Waals surface area contributed by atoms with Gasteiger partial charge in [0.05, 0.1) is 11.3 Å². The summed E-state index contributed by atoms with van der Waals surface area (Å²) in [6.07, 6.45) is 6.63. The Bertz CT molecular complexity index is 972. The van der Waals surface area contributed by atoms with Crippen molar-refractivity contribution in [3.8, 4) is 11.4 Å². The Labute approximate surface area is 168 Å². The lowest BCUT2D eigenvalue weighted by Crippen LogP contribution is -2.36. The molecule has 1 N–H and O–H groups in total. The Morgan fingerprint density at radius 3 is 2.82 bits per heavy atom. The molecule has 2 heterocycles. The fourth-order valence-electron chi connectivity index (χ4n) is 3.57. The summed E-state index contributed by atoms with van der Waals surface area (Å²) in [4.78, 5) is 16.9. The van der Waals surface area contributed by atoms with Crippen molar-refractivity contribution >= 4 is 17.7 Å². The van der Waals surface area contributed by atoms with Gasteiger partial charge < -0.3 is 9.88 Å². The predicted molar refractivity (Wildman–Crippen MR) is 110 cm³/mol. The molecule has 144 valence electrons. The van der Waals surface area contributed by atoms with Gasteiger partial charge in [0, 0.05) is 25.0 Å². The molecule has 2 unspecified atom stereocenters. The van der Waals surface area contributed by atoms with Crippen LogP contribution < -0.4 is 5.32 Å². The van der Waals surface area contributed by atoms with E-state index in [-0.39, 0.29) is 17.2 Å². The summed E-state index contributed by atoms with van der Waals surface area (Å²) in [5.41, 5.74) is 3.54. The van der Waals surface area contributed by atoms with Crippen molar-refractivity contribution in [2.45, 2.75) is 42.6 Å². The predicted octanol–water partition coefficient (Wildman–Crippen LogP) is 3.55. The Morgan fingerprint density at radius 2 is 2.00 bits per heavy atom. The van der Waals surface area contributed by atoms with E-state index in [4.69, 9.17) is 0 Å². The van der Waals surface area contributed by atoms with E-state index in [0.717, 1.165) is 35.8 Å². The molecule has 2 aromatic heterocycles. The van der Waals surface area contributed by atoms with E-state index in [2.05, 4.69) is 38.7 Å². The molecule has 4 rings (SSSR count). The van der Waals surface area contributed by atoms with Gasteiger partial charge in [-0.05, 0) is 49.4 Å². The Hall–Kier alpha value is -2.67. The molecule has 6 nitrogen and oxygen atoms in total. The number of carbonyl (C=O) groups is 1. The van der Waals surface area contributed by atoms with Gasteiger partial charge in [0.25, 0.3) is 0 Å². The van der Waals surface area contributed by atoms with Crippen molar-refractivity contribution in [2.75, 3.05) is 0 Å². The fraction of sp³-hybridized carbons (Fsp3) is 0.333. The highest BCUT2D eigenvalue weighted by molar-refractivity contribution is 8.00. The van der Waals surface area contributed by atoms with E-state index in [0.29, 0.717) is 0 Å². The molecule has 0 aliphatic heterocycles. The van der Waals surface area contributed by atoms with E-state index >= 15 is 0 Å². The number of nitrogens with one attached hydrogen (secondary N) is 1. The normalized spacial score (nSPS) is 17.0. The zero-order valence-corrected chi connectivity index (χ0v) is 16.8. The van der Waals surface area contributed by atoms with Crippen LogP contribution in [0.3, 0.4) is 0 Å². The number of nitrogens with zero attached hydrogens (tertiary/aromatic N) is 4.